The topological polar surface area (TPSA) is 60.1 Å². The van der Waals surface area contributed by atoms with Crippen LogP contribution in [0.4, 0.5) is 4.39 Å². The fraction of sp³-hybridized carbons (Fsp3) is 0.231. The van der Waals surface area contributed by atoms with Crippen LogP contribution in [0.5, 0.6) is 0 Å². The summed E-state index contributed by atoms with van der Waals surface area (Å²) in [6.45, 7) is 1.10. The maximum atomic E-state index is 13.6. The molecule has 156 valence electrons. The Bertz CT molecular complexity index is 1120. The van der Waals surface area contributed by atoms with E-state index in [1.54, 1.807) is 12.1 Å². The monoisotopic (exact) mass is 413 g/mol. The van der Waals surface area contributed by atoms with Crippen molar-refractivity contribution in [1.29, 1.82) is 10.7 Å². The van der Waals surface area contributed by atoms with Crippen molar-refractivity contribution in [3.8, 4) is 6.07 Å². The van der Waals surface area contributed by atoms with Gasteiger partial charge in [-0.3, -0.25) is 5.41 Å². The Hall–Kier alpha value is -3.49. The molecule has 1 aliphatic heterocycles. The average molecular weight is 413 g/mol. The van der Waals surface area contributed by atoms with E-state index in [9.17, 15) is 9.65 Å². The quantitative estimate of drug-likeness (QED) is 0.446. The second-order valence-electron chi connectivity index (χ2n) is 7.85. The Morgan fingerprint density at radius 2 is 1.87 bits per heavy atom. The molecular weight excluding hydrogens is 389 g/mol. The smallest absolute Gasteiger partial charge is 0.127 e. The number of hydrogen-bond donors (Lipinski definition) is 1. The van der Waals surface area contributed by atoms with Gasteiger partial charge in [0.15, 0.2) is 0 Å². The highest BCUT2D eigenvalue weighted by Crippen LogP contribution is 2.45. The summed E-state index contributed by atoms with van der Waals surface area (Å²) in [7, 11) is 1.92. The third-order valence-electron chi connectivity index (χ3n) is 5.91. The number of amidine groups is 1. The highest BCUT2D eigenvalue weighted by Gasteiger charge is 2.41. The van der Waals surface area contributed by atoms with Crippen molar-refractivity contribution in [1.82, 2.24) is 4.90 Å². The van der Waals surface area contributed by atoms with E-state index >= 15 is 0 Å². The molecule has 0 saturated carbocycles. The zero-order valence-corrected chi connectivity index (χ0v) is 17.4. The number of benzene rings is 3. The van der Waals surface area contributed by atoms with Crippen LogP contribution in [-0.4, -0.2) is 24.3 Å². The first-order valence-corrected chi connectivity index (χ1v) is 10.3. The molecule has 4 rings (SSSR count). The Morgan fingerprint density at radius 1 is 1.13 bits per heavy atom. The first-order valence-electron chi connectivity index (χ1n) is 10.3. The SMILES string of the molecule is CN(CCCC1(c2ccc(F)cc2)OCc2cc(C#N)ccc21)C(=N)c1ccccc1. The van der Waals surface area contributed by atoms with Gasteiger partial charge in [-0.1, -0.05) is 48.5 Å². The van der Waals surface area contributed by atoms with E-state index in [-0.39, 0.29) is 5.82 Å². The summed E-state index contributed by atoms with van der Waals surface area (Å²) in [6.07, 6.45) is 1.46. The van der Waals surface area contributed by atoms with Crippen molar-refractivity contribution in [2.45, 2.75) is 25.0 Å². The molecule has 3 aromatic rings. The summed E-state index contributed by atoms with van der Waals surface area (Å²) >= 11 is 0. The van der Waals surface area contributed by atoms with E-state index in [0.717, 1.165) is 28.7 Å². The van der Waals surface area contributed by atoms with E-state index in [4.69, 9.17) is 10.1 Å². The molecule has 1 N–H and O–H groups in total. The molecule has 1 atom stereocenters. The number of fused-ring (bicyclic) bond motifs is 1. The first-order chi connectivity index (χ1) is 15.0. The van der Waals surface area contributed by atoms with Crippen LogP contribution in [0, 0.1) is 22.6 Å². The zero-order valence-electron chi connectivity index (χ0n) is 17.4. The van der Waals surface area contributed by atoms with Gasteiger partial charge < -0.3 is 9.64 Å². The Labute approximate surface area is 182 Å². The molecule has 4 nitrogen and oxygen atoms in total. The summed E-state index contributed by atoms with van der Waals surface area (Å²) < 4.78 is 20.0. The van der Waals surface area contributed by atoms with E-state index in [0.29, 0.717) is 31.0 Å². The molecule has 1 aliphatic rings. The van der Waals surface area contributed by atoms with Crippen molar-refractivity contribution >= 4 is 5.84 Å². The summed E-state index contributed by atoms with van der Waals surface area (Å²) in [5.74, 6) is 0.191. The standard InChI is InChI=1S/C26H24FN3O/c1-30(25(29)20-6-3-2-4-7-20)15-5-14-26(22-9-11-23(27)12-10-22)24-13-8-19(17-28)16-21(24)18-31-26/h2-4,6-13,16,29H,5,14-15,18H2,1H3. The molecule has 0 bridgehead atoms. The van der Waals surface area contributed by atoms with Crippen molar-refractivity contribution in [2.75, 3.05) is 13.6 Å². The predicted molar refractivity (Wildman–Crippen MR) is 118 cm³/mol. The molecule has 0 aromatic heterocycles. The normalized spacial score (nSPS) is 17.1. The Balaban J connectivity index is 1.57. The molecule has 0 amide bonds. The number of hydrogen-bond acceptors (Lipinski definition) is 3. The minimum absolute atomic E-state index is 0.284. The van der Waals surface area contributed by atoms with E-state index in [1.807, 2.05) is 60.5 Å². The second-order valence-corrected chi connectivity index (χ2v) is 7.85. The van der Waals surface area contributed by atoms with E-state index < -0.39 is 5.60 Å². The van der Waals surface area contributed by atoms with Crippen molar-refractivity contribution in [2.24, 2.45) is 0 Å². The van der Waals surface area contributed by atoms with Gasteiger partial charge in [-0.15, -0.1) is 0 Å². The van der Waals surface area contributed by atoms with Gasteiger partial charge in [-0.05, 0) is 53.8 Å². The second kappa shape index (κ2) is 8.71. The molecule has 31 heavy (non-hydrogen) atoms. The number of nitrogens with one attached hydrogen (secondary N) is 1. The molecule has 5 heteroatoms. The molecule has 0 saturated heterocycles. The summed E-state index contributed by atoms with van der Waals surface area (Å²) in [6, 6.07) is 24.0. The lowest BCUT2D eigenvalue weighted by Crippen LogP contribution is -2.31. The van der Waals surface area contributed by atoms with Crippen molar-refractivity contribution in [3.63, 3.8) is 0 Å². The van der Waals surface area contributed by atoms with Crippen LogP contribution < -0.4 is 0 Å². The predicted octanol–water partition coefficient (Wildman–Crippen LogP) is 5.21. The van der Waals surface area contributed by atoms with Gasteiger partial charge in [0.05, 0.1) is 18.2 Å². The molecule has 1 unspecified atom stereocenters. The van der Waals surface area contributed by atoms with Gasteiger partial charge in [-0.2, -0.15) is 5.26 Å². The summed E-state index contributed by atoms with van der Waals surface area (Å²) in [5, 5.41) is 17.7. The molecule has 0 radical (unpaired) electrons. The molecule has 0 spiro atoms. The lowest BCUT2D eigenvalue weighted by Gasteiger charge is -2.31. The Morgan fingerprint density at radius 3 is 2.58 bits per heavy atom. The number of rotatable bonds is 6. The minimum Gasteiger partial charge on any atom is -0.361 e. The van der Waals surface area contributed by atoms with Crippen LogP contribution in [0.3, 0.4) is 0 Å². The van der Waals surface area contributed by atoms with Crippen LogP contribution in [0.1, 0.15) is 40.7 Å². The third kappa shape index (κ3) is 4.08. The van der Waals surface area contributed by atoms with Crippen molar-refractivity contribution < 1.29 is 9.13 Å². The van der Waals surface area contributed by atoms with Gasteiger partial charge >= 0.3 is 0 Å². The number of nitriles is 1. The summed E-state index contributed by atoms with van der Waals surface area (Å²) in [4.78, 5) is 1.93. The molecule has 0 fully saturated rings. The highest BCUT2D eigenvalue weighted by molar-refractivity contribution is 5.96. The lowest BCUT2D eigenvalue weighted by molar-refractivity contribution is -0.0136. The maximum absolute atomic E-state index is 13.6. The van der Waals surface area contributed by atoms with Crippen LogP contribution in [0.25, 0.3) is 0 Å². The number of halogens is 1. The molecule has 3 aromatic carbocycles. The first kappa shape index (κ1) is 20.8. The van der Waals surface area contributed by atoms with Gasteiger partial charge in [0.2, 0.25) is 0 Å². The van der Waals surface area contributed by atoms with Crippen LogP contribution >= 0.6 is 0 Å². The molecule has 0 aliphatic carbocycles. The number of ether oxygens (including phenoxy) is 1. The lowest BCUT2D eigenvalue weighted by atomic mass is 9.81. The van der Waals surface area contributed by atoms with Gasteiger partial charge in [0, 0.05) is 19.2 Å². The van der Waals surface area contributed by atoms with Gasteiger partial charge in [-0.25, -0.2) is 4.39 Å². The Kier molecular flexibility index (Phi) is 5.83. The van der Waals surface area contributed by atoms with E-state index in [2.05, 4.69) is 6.07 Å². The third-order valence-corrected chi connectivity index (χ3v) is 5.91. The van der Waals surface area contributed by atoms with Gasteiger partial charge in [0.25, 0.3) is 0 Å². The fourth-order valence-electron chi connectivity index (χ4n) is 4.26. The largest absolute Gasteiger partial charge is 0.361 e. The van der Waals surface area contributed by atoms with E-state index in [1.165, 1.54) is 12.1 Å². The van der Waals surface area contributed by atoms with Crippen LogP contribution in [-0.2, 0) is 16.9 Å². The zero-order chi connectivity index (χ0) is 21.8. The average Bonchev–Trinajstić information content (AvgIpc) is 3.18. The molecular formula is C26H24FN3O. The van der Waals surface area contributed by atoms with Crippen LogP contribution in [0.2, 0.25) is 0 Å². The van der Waals surface area contributed by atoms with Crippen molar-refractivity contribution in [3.05, 3.63) is 106 Å². The van der Waals surface area contributed by atoms with Gasteiger partial charge in [0.1, 0.15) is 17.3 Å². The summed E-state index contributed by atoms with van der Waals surface area (Å²) in [5.41, 5.74) is 3.72. The number of nitrogens with zero attached hydrogens (tertiary/aromatic N) is 2. The minimum atomic E-state index is -0.688. The molecule has 1 heterocycles. The fourth-order valence-corrected chi connectivity index (χ4v) is 4.26. The highest BCUT2D eigenvalue weighted by atomic mass is 19.1. The van der Waals surface area contributed by atoms with Crippen LogP contribution in [0.15, 0.2) is 72.8 Å². The maximum Gasteiger partial charge on any atom is 0.127 e.